The Bertz CT molecular complexity index is 623. The van der Waals surface area contributed by atoms with Crippen LogP contribution in [-0.2, 0) is 14.3 Å². The van der Waals surface area contributed by atoms with Crippen molar-refractivity contribution < 1.29 is 19.1 Å². The van der Waals surface area contributed by atoms with Crippen molar-refractivity contribution in [2.75, 3.05) is 24.3 Å². The van der Waals surface area contributed by atoms with E-state index in [2.05, 4.69) is 4.98 Å². The molecule has 1 aromatic heterocycles. The normalized spacial score (nSPS) is 17.7. The summed E-state index contributed by atoms with van der Waals surface area (Å²) in [5, 5.41) is 0.0941. The highest BCUT2D eigenvalue weighted by molar-refractivity contribution is 8.13. The van der Waals surface area contributed by atoms with Crippen molar-refractivity contribution >= 4 is 46.0 Å². The maximum atomic E-state index is 12.2. The summed E-state index contributed by atoms with van der Waals surface area (Å²) in [6.07, 6.45) is 1.70. The predicted octanol–water partition coefficient (Wildman–Crippen LogP) is 2.15. The molecule has 0 saturated carbocycles. The number of carbonyl (C=O) groups excluding carboxylic acids is 3. The lowest BCUT2D eigenvalue weighted by molar-refractivity contribution is -0.117. The van der Waals surface area contributed by atoms with Gasteiger partial charge in [-0.25, -0.2) is 9.78 Å². The van der Waals surface area contributed by atoms with Crippen LogP contribution in [0.2, 0.25) is 5.15 Å². The molecule has 1 aromatic rings. The zero-order valence-electron chi connectivity index (χ0n) is 12.2. The van der Waals surface area contributed by atoms with Crippen LogP contribution < -0.4 is 4.90 Å². The summed E-state index contributed by atoms with van der Waals surface area (Å²) >= 11 is 7.27. The fourth-order valence-electron chi connectivity index (χ4n) is 2.30. The molecule has 1 amide bonds. The molecule has 0 bridgehead atoms. The summed E-state index contributed by atoms with van der Waals surface area (Å²) in [6.45, 7) is 1.89. The number of pyridine rings is 1. The van der Waals surface area contributed by atoms with Gasteiger partial charge in [-0.05, 0) is 12.0 Å². The third-order valence-electron chi connectivity index (χ3n) is 3.28. The molecular formula is C14H15ClN2O4S. The molecule has 0 aromatic carbocycles. The van der Waals surface area contributed by atoms with Crippen LogP contribution in [0, 0.1) is 5.92 Å². The van der Waals surface area contributed by atoms with Crippen LogP contribution in [0.25, 0.3) is 0 Å². The Kier molecular flexibility index (Phi) is 5.42. The second kappa shape index (κ2) is 7.11. The van der Waals surface area contributed by atoms with E-state index in [1.807, 2.05) is 0 Å². The first-order valence-electron chi connectivity index (χ1n) is 6.60. The van der Waals surface area contributed by atoms with Crippen LogP contribution in [0.3, 0.4) is 0 Å². The van der Waals surface area contributed by atoms with Gasteiger partial charge in [0.2, 0.25) is 5.91 Å². The zero-order valence-corrected chi connectivity index (χ0v) is 13.7. The SMILES string of the molecule is COC(=O)c1ccnc(Cl)c1N1CC(CSC(C)=O)CC1=O. The zero-order chi connectivity index (χ0) is 16.3. The third kappa shape index (κ3) is 3.59. The van der Waals surface area contributed by atoms with Crippen molar-refractivity contribution in [3.8, 4) is 0 Å². The van der Waals surface area contributed by atoms with Crippen LogP contribution in [0.1, 0.15) is 23.7 Å². The molecule has 8 heteroatoms. The van der Waals surface area contributed by atoms with Crippen molar-refractivity contribution in [3.63, 3.8) is 0 Å². The number of esters is 1. The molecule has 1 unspecified atom stereocenters. The molecule has 1 aliphatic heterocycles. The number of rotatable bonds is 4. The minimum Gasteiger partial charge on any atom is -0.465 e. The van der Waals surface area contributed by atoms with E-state index in [4.69, 9.17) is 16.3 Å². The van der Waals surface area contributed by atoms with Gasteiger partial charge in [0.15, 0.2) is 10.3 Å². The number of thioether (sulfide) groups is 1. The lowest BCUT2D eigenvalue weighted by atomic mass is 10.1. The largest absolute Gasteiger partial charge is 0.465 e. The van der Waals surface area contributed by atoms with Crippen molar-refractivity contribution in [2.45, 2.75) is 13.3 Å². The van der Waals surface area contributed by atoms with Gasteiger partial charge < -0.3 is 9.64 Å². The first-order valence-corrected chi connectivity index (χ1v) is 7.97. The number of ether oxygens (including phenoxy) is 1. The van der Waals surface area contributed by atoms with Crippen molar-refractivity contribution in [2.24, 2.45) is 5.92 Å². The topological polar surface area (TPSA) is 76.6 Å². The molecule has 0 spiro atoms. The Morgan fingerprint density at radius 1 is 1.55 bits per heavy atom. The van der Waals surface area contributed by atoms with Crippen LogP contribution in [0.4, 0.5) is 5.69 Å². The first kappa shape index (κ1) is 16.8. The van der Waals surface area contributed by atoms with E-state index in [1.165, 1.54) is 43.0 Å². The monoisotopic (exact) mass is 342 g/mol. The Morgan fingerprint density at radius 3 is 2.91 bits per heavy atom. The van der Waals surface area contributed by atoms with Crippen LogP contribution >= 0.6 is 23.4 Å². The van der Waals surface area contributed by atoms with E-state index in [0.29, 0.717) is 18.7 Å². The standard InChI is InChI=1S/C14H15ClN2O4S/c1-8(18)22-7-9-5-11(19)17(6-9)12-10(14(20)21-2)3-4-16-13(12)15/h3-4,9H,5-7H2,1-2H3. The molecule has 0 N–H and O–H groups in total. The maximum Gasteiger partial charge on any atom is 0.340 e. The molecule has 22 heavy (non-hydrogen) atoms. The summed E-state index contributed by atoms with van der Waals surface area (Å²) in [7, 11) is 1.26. The lowest BCUT2D eigenvalue weighted by Crippen LogP contribution is -2.27. The molecule has 118 valence electrons. The van der Waals surface area contributed by atoms with E-state index in [0.717, 1.165) is 0 Å². The Morgan fingerprint density at radius 2 is 2.27 bits per heavy atom. The van der Waals surface area contributed by atoms with Gasteiger partial charge in [-0.1, -0.05) is 23.4 Å². The number of methoxy groups -OCH3 is 1. The molecule has 1 fully saturated rings. The predicted molar refractivity (Wildman–Crippen MR) is 84.2 cm³/mol. The van der Waals surface area contributed by atoms with Crippen LogP contribution in [0.5, 0.6) is 0 Å². The Labute approximate surface area is 137 Å². The number of anilines is 1. The minimum atomic E-state index is -0.575. The molecule has 6 nitrogen and oxygen atoms in total. The summed E-state index contributed by atoms with van der Waals surface area (Å²) in [5.41, 5.74) is 0.479. The Hall–Kier alpha value is -1.60. The van der Waals surface area contributed by atoms with Gasteiger partial charge >= 0.3 is 5.97 Å². The van der Waals surface area contributed by atoms with Gasteiger partial charge in [0, 0.05) is 31.8 Å². The lowest BCUT2D eigenvalue weighted by Gasteiger charge is -2.20. The third-order valence-corrected chi connectivity index (χ3v) is 4.60. The van der Waals surface area contributed by atoms with Gasteiger partial charge in [-0.3, -0.25) is 9.59 Å². The van der Waals surface area contributed by atoms with Crippen molar-refractivity contribution in [1.82, 2.24) is 4.98 Å². The summed E-state index contributed by atoms with van der Waals surface area (Å²) in [5.74, 6) is -0.130. The molecule has 1 atom stereocenters. The van der Waals surface area contributed by atoms with Gasteiger partial charge in [0.25, 0.3) is 0 Å². The average Bonchev–Trinajstić information content (AvgIpc) is 2.84. The molecule has 2 heterocycles. The fraction of sp³-hybridized carbons (Fsp3) is 0.429. The van der Waals surface area contributed by atoms with Gasteiger partial charge in [-0.2, -0.15) is 0 Å². The maximum absolute atomic E-state index is 12.2. The highest BCUT2D eigenvalue weighted by Crippen LogP contribution is 2.34. The molecule has 0 aliphatic carbocycles. The summed E-state index contributed by atoms with van der Waals surface area (Å²) in [4.78, 5) is 40.5. The fourth-order valence-corrected chi connectivity index (χ4v) is 3.26. The number of hydrogen-bond donors (Lipinski definition) is 0. The highest BCUT2D eigenvalue weighted by Gasteiger charge is 2.34. The van der Waals surface area contributed by atoms with Gasteiger partial charge in [0.05, 0.1) is 18.4 Å². The molecule has 0 radical (unpaired) electrons. The highest BCUT2D eigenvalue weighted by atomic mass is 35.5. The number of hydrogen-bond acceptors (Lipinski definition) is 6. The van der Waals surface area contributed by atoms with E-state index in [1.54, 1.807) is 0 Å². The Balaban J connectivity index is 2.26. The van der Waals surface area contributed by atoms with E-state index >= 15 is 0 Å². The number of amides is 1. The number of halogens is 1. The molecule has 2 rings (SSSR count). The van der Waals surface area contributed by atoms with E-state index in [9.17, 15) is 14.4 Å². The molecule has 1 saturated heterocycles. The summed E-state index contributed by atoms with van der Waals surface area (Å²) in [6, 6.07) is 1.47. The van der Waals surface area contributed by atoms with Crippen LogP contribution in [0.15, 0.2) is 12.3 Å². The number of carbonyl (C=O) groups is 3. The second-order valence-electron chi connectivity index (χ2n) is 4.87. The smallest absolute Gasteiger partial charge is 0.340 e. The van der Waals surface area contributed by atoms with Gasteiger partial charge in [0.1, 0.15) is 0 Å². The molecule has 1 aliphatic rings. The van der Waals surface area contributed by atoms with Crippen LogP contribution in [-0.4, -0.2) is 41.4 Å². The van der Waals surface area contributed by atoms with Crippen molar-refractivity contribution in [1.29, 1.82) is 0 Å². The molecular weight excluding hydrogens is 328 g/mol. The van der Waals surface area contributed by atoms with E-state index < -0.39 is 5.97 Å². The van der Waals surface area contributed by atoms with Gasteiger partial charge in [-0.15, -0.1) is 0 Å². The van der Waals surface area contributed by atoms with Crippen molar-refractivity contribution in [3.05, 3.63) is 23.0 Å². The summed E-state index contributed by atoms with van der Waals surface area (Å²) < 4.78 is 4.72. The number of nitrogens with zero attached hydrogens (tertiary/aromatic N) is 2. The van der Waals surface area contributed by atoms with E-state index in [-0.39, 0.29) is 33.3 Å². The quantitative estimate of drug-likeness (QED) is 0.616. The minimum absolute atomic E-state index is 0.0144. The number of aromatic nitrogens is 1. The second-order valence-corrected chi connectivity index (χ2v) is 6.42. The first-order chi connectivity index (χ1) is 10.4. The average molecular weight is 343 g/mol.